The average molecular weight is 307 g/mol. The van der Waals surface area contributed by atoms with Crippen molar-refractivity contribution in [1.82, 2.24) is 5.32 Å². The van der Waals surface area contributed by atoms with Crippen LogP contribution in [-0.2, 0) is 11.3 Å². The number of hydrogen-bond acceptors (Lipinski definition) is 2. The Kier molecular flexibility index (Phi) is 7.61. The summed E-state index contributed by atoms with van der Waals surface area (Å²) in [4.78, 5) is 9.96. The molecule has 0 aliphatic heterocycles. The van der Waals surface area contributed by atoms with Gasteiger partial charge in [0.05, 0.1) is 0 Å². The minimum Gasteiger partial charge on any atom is -0.435 e. The molecule has 118 valence electrons. The van der Waals surface area contributed by atoms with E-state index < -0.39 is 6.61 Å². The number of carbonyl (C=O) groups is 1. The first-order valence-corrected chi connectivity index (χ1v) is 6.75. The molecule has 0 fully saturated rings. The molecule has 0 unspecified atom stereocenters. The summed E-state index contributed by atoms with van der Waals surface area (Å²) in [6.45, 7) is 1.76. The molecule has 0 heterocycles. The van der Waals surface area contributed by atoms with E-state index >= 15 is 0 Å². The lowest BCUT2D eigenvalue weighted by Crippen LogP contribution is -2.09. The predicted octanol–water partition coefficient (Wildman–Crippen LogP) is 3.84. The molecule has 1 N–H and O–H groups in total. The number of hydrogen-bond donors (Lipinski definition) is 1. The maximum absolute atomic E-state index is 11.7. The van der Waals surface area contributed by atoms with Gasteiger partial charge in [0.1, 0.15) is 5.75 Å². The van der Waals surface area contributed by atoms with Crippen LogP contribution in [0.1, 0.15) is 16.7 Å². The molecule has 3 nitrogen and oxygen atoms in total. The molecule has 0 saturated heterocycles. The number of ether oxygens (including phenoxy) is 1. The van der Waals surface area contributed by atoms with Crippen LogP contribution in [0.15, 0.2) is 48.5 Å². The molecular formula is C17H19F2NO2. The first-order valence-electron chi connectivity index (χ1n) is 6.75. The van der Waals surface area contributed by atoms with Crippen LogP contribution in [0, 0.1) is 13.8 Å². The van der Waals surface area contributed by atoms with Gasteiger partial charge in [-0.2, -0.15) is 8.78 Å². The number of halogens is 2. The van der Waals surface area contributed by atoms with Crippen molar-refractivity contribution in [3.63, 3.8) is 0 Å². The first-order chi connectivity index (χ1) is 10.5. The lowest BCUT2D eigenvalue weighted by atomic mass is 10.2. The fraction of sp³-hybridized carbons (Fsp3) is 0.235. The Morgan fingerprint density at radius 3 is 1.91 bits per heavy atom. The predicted molar refractivity (Wildman–Crippen MR) is 81.9 cm³/mol. The molecule has 2 aromatic rings. The maximum atomic E-state index is 11.7. The molecule has 0 saturated carbocycles. The van der Waals surface area contributed by atoms with E-state index in [-0.39, 0.29) is 5.75 Å². The molecule has 2 rings (SSSR count). The van der Waals surface area contributed by atoms with Crippen LogP contribution < -0.4 is 10.1 Å². The second kappa shape index (κ2) is 9.50. The summed E-state index contributed by atoms with van der Waals surface area (Å²) in [5.41, 5.74) is 3.48. The van der Waals surface area contributed by atoms with Gasteiger partial charge in [-0.1, -0.05) is 47.5 Å². The monoisotopic (exact) mass is 307 g/mol. The van der Waals surface area contributed by atoms with Crippen molar-refractivity contribution < 1.29 is 18.3 Å². The van der Waals surface area contributed by atoms with Crippen molar-refractivity contribution in [1.29, 1.82) is 0 Å². The Hall–Kier alpha value is -2.43. The molecule has 0 spiro atoms. The number of carbonyl (C=O) groups excluding carboxylic acids is 1. The zero-order chi connectivity index (χ0) is 16.4. The number of aryl methyl sites for hydroxylation is 2. The number of rotatable bonds is 5. The minimum absolute atomic E-state index is 0.106. The maximum Gasteiger partial charge on any atom is 0.387 e. The average Bonchev–Trinajstić information content (AvgIpc) is 2.50. The van der Waals surface area contributed by atoms with Crippen LogP contribution in [0.4, 0.5) is 8.78 Å². The number of nitrogens with one attached hydrogen (secondary N) is 1. The molecule has 0 aliphatic carbocycles. The SMILES string of the molecule is Cc1ccc(C)cc1.O=CNCc1ccc(OC(F)F)cc1. The summed E-state index contributed by atoms with van der Waals surface area (Å²) in [6.07, 6.45) is 0.573. The van der Waals surface area contributed by atoms with Gasteiger partial charge >= 0.3 is 6.61 Å². The van der Waals surface area contributed by atoms with E-state index in [9.17, 15) is 13.6 Å². The Morgan fingerprint density at radius 2 is 1.50 bits per heavy atom. The van der Waals surface area contributed by atoms with E-state index in [1.54, 1.807) is 12.1 Å². The fourth-order valence-corrected chi connectivity index (χ4v) is 1.59. The third-order valence-corrected chi connectivity index (χ3v) is 2.76. The van der Waals surface area contributed by atoms with Gasteiger partial charge in [0.15, 0.2) is 0 Å². The van der Waals surface area contributed by atoms with Gasteiger partial charge in [-0.25, -0.2) is 0 Å². The molecule has 0 radical (unpaired) electrons. The van der Waals surface area contributed by atoms with Gasteiger partial charge in [0, 0.05) is 6.54 Å². The number of benzene rings is 2. The standard InChI is InChI=1S/C9H9F2NO2.C8H10/c10-9(11)14-8-3-1-7(2-4-8)5-12-6-13;1-7-3-5-8(2)6-4-7/h1-4,6,9H,5H2,(H,12,13);3-6H,1-2H3. The summed E-state index contributed by atoms with van der Waals surface area (Å²) in [7, 11) is 0. The minimum atomic E-state index is -2.81. The van der Waals surface area contributed by atoms with Crippen molar-refractivity contribution in [2.45, 2.75) is 27.0 Å². The highest BCUT2D eigenvalue weighted by atomic mass is 19.3. The highest BCUT2D eigenvalue weighted by Gasteiger charge is 2.03. The lowest BCUT2D eigenvalue weighted by molar-refractivity contribution is -0.109. The third kappa shape index (κ3) is 7.38. The van der Waals surface area contributed by atoms with Crippen LogP contribution in [0.25, 0.3) is 0 Å². The van der Waals surface area contributed by atoms with E-state index in [4.69, 9.17) is 0 Å². The van der Waals surface area contributed by atoms with E-state index in [1.807, 2.05) is 0 Å². The van der Waals surface area contributed by atoms with E-state index in [0.29, 0.717) is 13.0 Å². The Balaban J connectivity index is 0.000000255. The lowest BCUT2D eigenvalue weighted by Gasteiger charge is -2.05. The van der Waals surface area contributed by atoms with Crippen molar-refractivity contribution in [3.8, 4) is 5.75 Å². The van der Waals surface area contributed by atoms with Gasteiger partial charge < -0.3 is 10.1 Å². The highest BCUT2D eigenvalue weighted by Crippen LogP contribution is 2.14. The fourth-order valence-electron chi connectivity index (χ4n) is 1.59. The molecule has 0 atom stereocenters. The van der Waals surface area contributed by atoms with Crippen LogP contribution in [-0.4, -0.2) is 13.0 Å². The van der Waals surface area contributed by atoms with Crippen molar-refractivity contribution in [2.75, 3.05) is 0 Å². The van der Waals surface area contributed by atoms with Crippen LogP contribution >= 0.6 is 0 Å². The third-order valence-electron chi connectivity index (χ3n) is 2.76. The molecule has 1 amide bonds. The first kappa shape index (κ1) is 17.6. The molecule has 0 bridgehead atoms. The number of amides is 1. The molecule has 2 aromatic carbocycles. The normalized spacial score (nSPS) is 9.68. The van der Waals surface area contributed by atoms with Crippen molar-refractivity contribution in [3.05, 3.63) is 65.2 Å². The van der Waals surface area contributed by atoms with Crippen LogP contribution in [0.5, 0.6) is 5.75 Å². The Labute approximate surface area is 128 Å². The molecule has 0 aliphatic rings. The zero-order valence-corrected chi connectivity index (χ0v) is 12.6. The summed E-state index contributed by atoms with van der Waals surface area (Å²) >= 11 is 0. The van der Waals surface area contributed by atoms with Gasteiger partial charge in [-0.3, -0.25) is 4.79 Å². The van der Waals surface area contributed by atoms with E-state index in [0.717, 1.165) is 5.56 Å². The van der Waals surface area contributed by atoms with Gasteiger partial charge in [-0.15, -0.1) is 0 Å². The Morgan fingerprint density at radius 1 is 1.00 bits per heavy atom. The van der Waals surface area contributed by atoms with Gasteiger partial charge in [0.25, 0.3) is 0 Å². The van der Waals surface area contributed by atoms with Crippen LogP contribution in [0.2, 0.25) is 0 Å². The van der Waals surface area contributed by atoms with Crippen molar-refractivity contribution in [2.24, 2.45) is 0 Å². The molecule has 0 aromatic heterocycles. The van der Waals surface area contributed by atoms with Crippen molar-refractivity contribution >= 4 is 6.41 Å². The molecular weight excluding hydrogens is 288 g/mol. The number of alkyl halides is 2. The summed E-state index contributed by atoms with van der Waals surface area (Å²) in [5.74, 6) is 0.106. The second-order valence-electron chi connectivity index (χ2n) is 4.68. The summed E-state index contributed by atoms with van der Waals surface area (Å²) < 4.78 is 27.6. The second-order valence-corrected chi connectivity index (χ2v) is 4.68. The van der Waals surface area contributed by atoms with Gasteiger partial charge in [-0.05, 0) is 31.5 Å². The van der Waals surface area contributed by atoms with E-state index in [1.165, 1.54) is 23.3 Å². The summed E-state index contributed by atoms with van der Waals surface area (Å²) in [6, 6.07) is 14.5. The van der Waals surface area contributed by atoms with E-state index in [2.05, 4.69) is 48.2 Å². The van der Waals surface area contributed by atoms with Gasteiger partial charge in [0.2, 0.25) is 6.41 Å². The zero-order valence-electron chi connectivity index (χ0n) is 12.6. The molecule has 22 heavy (non-hydrogen) atoms. The topological polar surface area (TPSA) is 38.3 Å². The molecule has 5 heteroatoms. The summed E-state index contributed by atoms with van der Waals surface area (Å²) in [5, 5.41) is 2.46. The van der Waals surface area contributed by atoms with Crippen LogP contribution in [0.3, 0.4) is 0 Å². The highest BCUT2D eigenvalue weighted by molar-refractivity contribution is 5.46. The largest absolute Gasteiger partial charge is 0.435 e. The smallest absolute Gasteiger partial charge is 0.387 e. The quantitative estimate of drug-likeness (QED) is 0.852. The Bertz CT molecular complexity index is 533.